The Labute approximate surface area is 199 Å². The van der Waals surface area contributed by atoms with Gasteiger partial charge in [0, 0.05) is 34.9 Å². The molecular weight excluding hydrogens is 490 g/mol. The number of hydrogen-bond acceptors (Lipinski definition) is 6. The first-order valence-electron chi connectivity index (χ1n) is 10.2. The van der Waals surface area contributed by atoms with Crippen LogP contribution in [0.1, 0.15) is 37.4 Å². The zero-order valence-electron chi connectivity index (χ0n) is 18.2. The van der Waals surface area contributed by atoms with Crippen LogP contribution in [0.3, 0.4) is 0 Å². The van der Waals surface area contributed by atoms with Gasteiger partial charge in [0.25, 0.3) is 0 Å². The van der Waals surface area contributed by atoms with Gasteiger partial charge in [-0.2, -0.15) is 10.2 Å². The maximum absolute atomic E-state index is 13.0. The third kappa shape index (κ3) is 5.56. The topological polar surface area (TPSA) is 114 Å². The SMILES string of the molecule is CCCCC(=O)N(Cc1ccc(-n2cc(Br)cc2C#N)cc1)c1nc(OC)ccc1[N+](=O)[O-]. The molecule has 0 N–H and O–H groups in total. The Hall–Kier alpha value is -3.71. The molecular formula is C23H22BrN5O4. The molecule has 1 amide bonds. The number of nitriles is 1. The van der Waals surface area contributed by atoms with Gasteiger partial charge in [0.2, 0.25) is 17.6 Å². The summed E-state index contributed by atoms with van der Waals surface area (Å²) >= 11 is 3.37. The number of anilines is 1. The lowest BCUT2D eigenvalue weighted by molar-refractivity contribution is -0.384. The van der Waals surface area contributed by atoms with E-state index in [9.17, 15) is 20.2 Å². The predicted octanol–water partition coefficient (Wildman–Crippen LogP) is 5.15. The molecule has 170 valence electrons. The molecule has 0 spiro atoms. The number of rotatable bonds is 9. The van der Waals surface area contributed by atoms with Crippen LogP contribution < -0.4 is 9.64 Å². The summed E-state index contributed by atoms with van der Waals surface area (Å²) in [5.74, 6) is -0.127. The summed E-state index contributed by atoms with van der Waals surface area (Å²) in [7, 11) is 1.41. The molecule has 0 aliphatic rings. The van der Waals surface area contributed by atoms with E-state index in [1.54, 1.807) is 16.8 Å². The van der Waals surface area contributed by atoms with Crippen LogP contribution in [0.2, 0.25) is 0 Å². The second-order valence-electron chi connectivity index (χ2n) is 7.23. The summed E-state index contributed by atoms with van der Waals surface area (Å²) in [6, 6.07) is 13.8. The monoisotopic (exact) mass is 511 g/mol. The number of nitrogens with zero attached hydrogens (tertiary/aromatic N) is 5. The van der Waals surface area contributed by atoms with Crippen LogP contribution in [0.4, 0.5) is 11.5 Å². The van der Waals surface area contributed by atoms with Gasteiger partial charge >= 0.3 is 5.69 Å². The van der Waals surface area contributed by atoms with Gasteiger partial charge in [0.15, 0.2) is 0 Å². The average molecular weight is 512 g/mol. The molecule has 0 bridgehead atoms. The number of unbranched alkanes of at least 4 members (excludes halogenated alkanes) is 1. The molecule has 9 nitrogen and oxygen atoms in total. The molecule has 0 atom stereocenters. The Kier molecular flexibility index (Phi) is 7.79. The molecule has 0 aliphatic carbocycles. The summed E-state index contributed by atoms with van der Waals surface area (Å²) in [6.45, 7) is 2.07. The minimum atomic E-state index is -0.557. The quantitative estimate of drug-likeness (QED) is 0.290. The van der Waals surface area contributed by atoms with Crippen molar-refractivity contribution in [1.82, 2.24) is 9.55 Å². The van der Waals surface area contributed by atoms with Crippen molar-refractivity contribution in [3.63, 3.8) is 0 Å². The summed E-state index contributed by atoms with van der Waals surface area (Å²) in [5, 5.41) is 21.0. The molecule has 3 aromatic rings. The minimum absolute atomic E-state index is 0.0503. The molecule has 0 radical (unpaired) electrons. The third-order valence-electron chi connectivity index (χ3n) is 4.99. The fourth-order valence-corrected chi connectivity index (χ4v) is 3.72. The normalized spacial score (nSPS) is 10.5. The van der Waals surface area contributed by atoms with Gasteiger partial charge in [-0.05, 0) is 46.1 Å². The number of hydrogen-bond donors (Lipinski definition) is 0. The summed E-state index contributed by atoms with van der Waals surface area (Å²) in [4.78, 5) is 29.7. The van der Waals surface area contributed by atoms with Gasteiger partial charge in [-0.25, -0.2) is 0 Å². The van der Waals surface area contributed by atoms with Crippen LogP contribution in [0.25, 0.3) is 5.69 Å². The largest absolute Gasteiger partial charge is 0.481 e. The Bertz CT molecular complexity index is 1200. The first-order chi connectivity index (χ1) is 15.9. The Balaban J connectivity index is 1.97. The van der Waals surface area contributed by atoms with E-state index in [2.05, 4.69) is 27.0 Å². The van der Waals surface area contributed by atoms with E-state index in [1.807, 2.05) is 31.2 Å². The number of pyridine rings is 1. The lowest BCUT2D eigenvalue weighted by Gasteiger charge is -2.22. The highest BCUT2D eigenvalue weighted by Gasteiger charge is 2.27. The van der Waals surface area contributed by atoms with Crippen molar-refractivity contribution in [2.24, 2.45) is 0 Å². The van der Waals surface area contributed by atoms with Crippen LogP contribution >= 0.6 is 15.9 Å². The molecule has 0 aliphatic heterocycles. The average Bonchev–Trinajstić information content (AvgIpc) is 3.21. The number of nitro groups is 1. The van der Waals surface area contributed by atoms with E-state index in [4.69, 9.17) is 4.74 Å². The van der Waals surface area contributed by atoms with Gasteiger partial charge in [0.1, 0.15) is 11.8 Å². The molecule has 10 heteroatoms. The van der Waals surface area contributed by atoms with Crippen LogP contribution in [0.15, 0.2) is 53.1 Å². The molecule has 33 heavy (non-hydrogen) atoms. The lowest BCUT2D eigenvalue weighted by atomic mass is 10.1. The van der Waals surface area contributed by atoms with E-state index < -0.39 is 4.92 Å². The highest BCUT2D eigenvalue weighted by Crippen LogP contribution is 2.31. The maximum atomic E-state index is 13.0. The number of methoxy groups -OCH3 is 1. The first-order valence-corrected chi connectivity index (χ1v) is 11.0. The van der Waals surface area contributed by atoms with E-state index in [-0.39, 0.29) is 36.3 Å². The van der Waals surface area contributed by atoms with E-state index >= 15 is 0 Å². The van der Waals surface area contributed by atoms with E-state index in [0.29, 0.717) is 12.1 Å². The number of halogens is 1. The number of carbonyl (C=O) groups excluding carboxylic acids is 1. The highest BCUT2D eigenvalue weighted by molar-refractivity contribution is 9.10. The zero-order chi connectivity index (χ0) is 24.0. The molecule has 0 saturated heterocycles. The molecule has 2 heterocycles. The molecule has 0 fully saturated rings. The first kappa shape index (κ1) is 23.9. The number of amides is 1. The minimum Gasteiger partial charge on any atom is -0.481 e. The fourth-order valence-electron chi connectivity index (χ4n) is 3.30. The Morgan fingerprint density at radius 1 is 1.30 bits per heavy atom. The summed E-state index contributed by atoms with van der Waals surface area (Å²) in [5.41, 5.74) is 1.73. The summed E-state index contributed by atoms with van der Waals surface area (Å²) in [6.07, 6.45) is 3.51. The fraction of sp³-hybridized carbons (Fsp3) is 0.261. The van der Waals surface area contributed by atoms with Gasteiger partial charge in [-0.15, -0.1) is 0 Å². The van der Waals surface area contributed by atoms with Gasteiger partial charge in [-0.1, -0.05) is 25.5 Å². The summed E-state index contributed by atoms with van der Waals surface area (Å²) < 4.78 is 7.66. The second-order valence-corrected chi connectivity index (χ2v) is 8.14. The molecule has 0 unspecified atom stereocenters. The van der Waals surface area contributed by atoms with Crippen LogP contribution in [-0.4, -0.2) is 27.5 Å². The van der Waals surface area contributed by atoms with Crippen LogP contribution in [0.5, 0.6) is 5.88 Å². The van der Waals surface area contributed by atoms with Gasteiger partial charge in [-0.3, -0.25) is 19.8 Å². The zero-order valence-corrected chi connectivity index (χ0v) is 19.8. The van der Waals surface area contributed by atoms with Crippen molar-refractivity contribution in [2.75, 3.05) is 12.0 Å². The van der Waals surface area contributed by atoms with Crippen molar-refractivity contribution >= 4 is 33.3 Å². The molecule has 0 saturated carbocycles. The van der Waals surface area contributed by atoms with Gasteiger partial charge in [0.05, 0.1) is 18.6 Å². The van der Waals surface area contributed by atoms with Crippen LogP contribution in [-0.2, 0) is 11.3 Å². The standard InChI is InChI=1S/C23H22BrN5O4/c1-3-4-5-22(30)28(23-20(29(31)32)10-11-21(26-23)33-2)14-16-6-8-18(9-7-16)27-15-17(24)12-19(27)13-25/h6-12,15H,3-5,14H2,1-2H3. The number of aromatic nitrogens is 2. The lowest BCUT2D eigenvalue weighted by Crippen LogP contribution is -2.31. The maximum Gasteiger partial charge on any atom is 0.312 e. The molecule has 1 aromatic carbocycles. The highest BCUT2D eigenvalue weighted by atomic mass is 79.9. The Morgan fingerprint density at radius 2 is 2.03 bits per heavy atom. The van der Waals surface area contributed by atoms with E-state index in [1.165, 1.54) is 24.1 Å². The predicted molar refractivity (Wildman–Crippen MR) is 126 cm³/mol. The third-order valence-corrected chi connectivity index (χ3v) is 5.43. The smallest absolute Gasteiger partial charge is 0.312 e. The van der Waals surface area contributed by atoms with Crippen molar-refractivity contribution in [3.05, 3.63) is 74.5 Å². The van der Waals surface area contributed by atoms with Crippen molar-refractivity contribution in [1.29, 1.82) is 5.26 Å². The van der Waals surface area contributed by atoms with Crippen LogP contribution in [0, 0.1) is 21.4 Å². The number of ether oxygens (including phenoxy) is 1. The number of benzene rings is 1. The van der Waals surface area contributed by atoms with Crippen molar-refractivity contribution < 1.29 is 14.5 Å². The molecule has 3 rings (SSSR count). The second kappa shape index (κ2) is 10.7. The van der Waals surface area contributed by atoms with E-state index in [0.717, 1.165) is 22.1 Å². The van der Waals surface area contributed by atoms with Crippen molar-refractivity contribution in [3.8, 4) is 17.6 Å². The van der Waals surface area contributed by atoms with Gasteiger partial charge < -0.3 is 9.30 Å². The molecule has 2 aromatic heterocycles. The van der Waals surface area contributed by atoms with Crippen molar-refractivity contribution in [2.45, 2.75) is 32.7 Å². The Morgan fingerprint density at radius 3 is 2.64 bits per heavy atom. The number of carbonyl (C=O) groups is 1.